The summed E-state index contributed by atoms with van der Waals surface area (Å²) in [5.74, 6) is 0.896. The van der Waals surface area contributed by atoms with E-state index < -0.39 is 0 Å². The quantitative estimate of drug-likeness (QED) is 0.848. The van der Waals surface area contributed by atoms with Crippen LogP contribution < -0.4 is 5.32 Å². The summed E-state index contributed by atoms with van der Waals surface area (Å²) >= 11 is 5.20. The van der Waals surface area contributed by atoms with Gasteiger partial charge in [0.15, 0.2) is 4.77 Å². The number of nitrogens with zero attached hydrogens (tertiary/aromatic N) is 2. The molecule has 0 saturated carbocycles. The third-order valence-electron chi connectivity index (χ3n) is 4.05. The first kappa shape index (κ1) is 13.5. The monoisotopic (exact) mass is 288 g/mol. The molecule has 1 aliphatic heterocycles. The predicted octanol–water partition coefficient (Wildman–Crippen LogP) is 3.19. The summed E-state index contributed by atoms with van der Waals surface area (Å²) in [6.07, 6.45) is 2.56. The molecule has 1 aromatic carbocycles. The van der Waals surface area contributed by atoms with Crippen molar-refractivity contribution in [2.45, 2.75) is 25.8 Å². The van der Waals surface area contributed by atoms with Gasteiger partial charge in [-0.25, -0.2) is 4.98 Å². The van der Waals surface area contributed by atoms with E-state index in [-0.39, 0.29) is 0 Å². The van der Waals surface area contributed by atoms with E-state index in [1.54, 1.807) is 0 Å². The second-order valence-electron chi connectivity index (χ2n) is 5.24. The second kappa shape index (κ2) is 5.89. The van der Waals surface area contributed by atoms with Gasteiger partial charge in [-0.3, -0.25) is 4.90 Å². The molecule has 0 radical (unpaired) electrons. The van der Waals surface area contributed by atoms with Gasteiger partial charge in [0, 0.05) is 18.0 Å². The van der Waals surface area contributed by atoms with Crippen LogP contribution in [-0.2, 0) is 0 Å². The van der Waals surface area contributed by atoms with Crippen LogP contribution in [0.2, 0.25) is 0 Å². The molecule has 2 aromatic rings. The maximum absolute atomic E-state index is 5.20. The van der Waals surface area contributed by atoms with E-state index >= 15 is 0 Å². The largest absolute Gasteiger partial charge is 0.368 e. The highest BCUT2D eigenvalue weighted by atomic mass is 32.1. The molecule has 3 rings (SSSR count). The van der Waals surface area contributed by atoms with E-state index in [9.17, 15) is 0 Å². The fourth-order valence-electron chi connectivity index (χ4n) is 3.00. The van der Waals surface area contributed by atoms with Crippen molar-refractivity contribution in [2.24, 2.45) is 0 Å². The molecule has 0 aliphatic carbocycles. The third-order valence-corrected chi connectivity index (χ3v) is 4.24. The van der Waals surface area contributed by atoms with Gasteiger partial charge >= 0.3 is 0 Å². The predicted molar refractivity (Wildman–Crippen MR) is 85.7 cm³/mol. The van der Waals surface area contributed by atoms with Crippen molar-refractivity contribution in [2.75, 3.05) is 25.0 Å². The smallest absolute Gasteiger partial charge is 0.199 e. The Morgan fingerprint density at radius 2 is 2.30 bits per heavy atom. The van der Waals surface area contributed by atoms with E-state index in [2.05, 4.69) is 33.2 Å². The Labute approximate surface area is 124 Å². The molecule has 0 spiro atoms. The van der Waals surface area contributed by atoms with Crippen LogP contribution in [0.4, 0.5) is 5.82 Å². The van der Waals surface area contributed by atoms with Crippen LogP contribution in [0.25, 0.3) is 10.9 Å². The molecule has 0 unspecified atom stereocenters. The summed E-state index contributed by atoms with van der Waals surface area (Å²) in [7, 11) is 0. The molecule has 4 nitrogen and oxygen atoms in total. The zero-order valence-corrected chi connectivity index (χ0v) is 12.5. The molecular formula is C15H20N4S. The number of hydrogen-bond donors (Lipinski definition) is 2. The molecule has 1 fully saturated rings. The van der Waals surface area contributed by atoms with Crippen LogP contribution in [-0.4, -0.2) is 40.5 Å². The molecular weight excluding hydrogens is 268 g/mol. The highest BCUT2D eigenvalue weighted by Crippen LogP contribution is 2.21. The van der Waals surface area contributed by atoms with Crippen LogP contribution in [0.1, 0.15) is 19.8 Å². The minimum absolute atomic E-state index is 0.532. The lowest BCUT2D eigenvalue weighted by molar-refractivity contribution is 0.277. The van der Waals surface area contributed by atoms with Gasteiger partial charge in [0.1, 0.15) is 5.82 Å². The normalized spacial score (nSPS) is 19.6. The topological polar surface area (TPSA) is 44.0 Å². The van der Waals surface area contributed by atoms with Crippen LogP contribution >= 0.6 is 12.2 Å². The number of para-hydroxylation sites is 1. The number of likely N-dealkylation sites (tertiary alicyclic amines) is 1. The fraction of sp³-hybridized carbons (Fsp3) is 0.467. The lowest BCUT2D eigenvalue weighted by atomic mass is 10.2. The van der Waals surface area contributed by atoms with Crippen molar-refractivity contribution >= 4 is 28.9 Å². The minimum Gasteiger partial charge on any atom is -0.368 e. The van der Waals surface area contributed by atoms with Crippen LogP contribution in [0.3, 0.4) is 0 Å². The Balaban J connectivity index is 1.82. The molecule has 1 aliphatic rings. The van der Waals surface area contributed by atoms with E-state index in [1.807, 2.05) is 18.2 Å². The molecule has 2 heterocycles. The van der Waals surface area contributed by atoms with Gasteiger partial charge in [0.2, 0.25) is 0 Å². The van der Waals surface area contributed by atoms with Gasteiger partial charge in [-0.2, -0.15) is 0 Å². The number of aromatic amines is 1. The van der Waals surface area contributed by atoms with Crippen LogP contribution in [0, 0.1) is 4.77 Å². The van der Waals surface area contributed by atoms with Gasteiger partial charge in [0.25, 0.3) is 0 Å². The maximum atomic E-state index is 5.20. The van der Waals surface area contributed by atoms with E-state index in [1.165, 1.54) is 19.4 Å². The van der Waals surface area contributed by atoms with E-state index in [0.717, 1.165) is 29.8 Å². The van der Waals surface area contributed by atoms with E-state index in [0.29, 0.717) is 10.8 Å². The van der Waals surface area contributed by atoms with Gasteiger partial charge in [-0.1, -0.05) is 19.1 Å². The Hall–Kier alpha value is -1.46. The number of rotatable bonds is 4. The SMILES string of the molecule is CCN1CCC[C@@H]1CNc1nc(=S)[nH]c2ccccc12. The first-order valence-corrected chi connectivity index (χ1v) is 7.65. The number of benzene rings is 1. The lowest BCUT2D eigenvalue weighted by Crippen LogP contribution is -2.34. The molecule has 1 aromatic heterocycles. The zero-order chi connectivity index (χ0) is 13.9. The number of hydrogen-bond acceptors (Lipinski definition) is 4. The Bertz CT molecular complexity index is 652. The average molecular weight is 288 g/mol. The minimum atomic E-state index is 0.532. The van der Waals surface area contributed by atoms with Crippen molar-refractivity contribution in [1.82, 2.24) is 14.9 Å². The average Bonchev–Trinajstić information content (AvgIpc) is 2.92. The summed E-state index contributed by atoms with van der Waals surface area (Å²) in [6, 6.07) is 8.75. The number of anilines is 1. The highest BCUT2D eigenvalue weighted by molar-refractivity contribution is 7.71. The van der Waals surface area contributed by atoms with Crippen molar-refractivity contribution in [1.29, 1.82) is 0 Å². The molecule has 1 atom stereocenters. The Morgan fingerprint density at radius 1 is 1.45 bits per heavy atom. The fourth-order valence-corrected chi connectivity index (χ4v) is 3.20. The summed E-state index contributed by atoms with van der Waals surface area (Å²) in [4.78, 5) is 10.1. The molecule has 20 heavy (non-hydrogen) atoms. The highest BCUT2D eigenvalue weighted by Gasteiger charge is 2.22. The van der Waals surface area contributed by atoms with Gasteiger partial charge in [-0.05, 0) is 50.3 Å². The molecule has 0 bridgehead atoms. The van der Waals surface area contributed by atoms with Crippen molar-refractivity contribution < 1.29 is 0 Å². The maximum Gasteiger partial charge on any atom is 0.199 e. The van der Waals surface area contributed by atoms with Crippen molar-refractivity contribution in [3.63, 3.8) is 0 Å². The molecule has 0 amide bonds. The Kier molecular flexibility index (Phi) is 3.98. The number of fused-ring (bicyclic) bond motifs is 1. The standard InChI is InChI=1S/C15H20N4S/c1-2-19-9-5-6-11(19)10-16-14-12-7-3-4-8-13(12)17-15(20)18-14/h3-4,7-8,11H,2,5-6,9-10H2,1H3,(H2,16,17,18,20)/t11-/m1/s1. The molecule has 1 saturated heterocycles. The number of H-pyrrole nitrogens is 1. The molecule has 106 valence electrons. The van der Waals surface area contributed by atoms with Gasteiger partial charge < -0.3 is 10.3 Å². The summed E-state index contributed by atoms with van der Waals surface area (Å²) in [6.45, 7) is 5.50. The lowest BCUT2D eigenvalue weighted by Gasteiger charge is -2.23. The zero-order valence-electron chi connectivity index (χ0n) is 11.7. The number of aromatic nitrogens is 2. The van der Waals surface area contributed by atoms with Crippen molar-refractivity contribution in [3.8, 4) is 0 Å². The number of nitrogens with one attached hydrogen (secondary N) is 2. The molecule has 2 N–H and O–H groups in total. The summed E-state index contributed by atoms with van der Waals surface area (Å²) in [5, 5.41) is 4.59. The van der Waals surface area contributed by atoms with E-state index in [4.69, 9.17) is 12.2 Å². The number of likely N-dealkylation sites (N-methyl/N-ethyl adjacent to an activating group) is 1. The van der Waals surface area contributed by atoms with Gasteiger partial charge in [-0.15, -0.1) is 0 Å². The first-order valence-electron chi connectivity index (χ1n) is 7.25. The first-order chi connectivity index (χ1) is 9.78. The van der Waals surface area contributed by atoms with Gasteiger partial charge in [0.05, 0.1) is 5.52 Å². The second-order valence-corrected chi connectivity index (χ2v) is 5.63. The van der Waals surface area contributed by atoms with Crippen LogP contribution in [0.15, 0.2) is 24.3 Å². The molecule has 5 heteroatoms. The van der Waals surface area contributed by atoms with Crippen LogP contribution in [0.5, 0.6) is 0 Å². The van der Waals surface area contributed by atoms with Crippen molar-refractivity contribution in [3.05, 3.63) is 29.0 Å². The summed E-state index contributed by atoms with van der Waals surface area (Å²) < 4.78 is 0.532. The summed E-state index contributed by atoms with van der Waals surface area (Å²) in [5.41, 5.74) is 1.04. The Morgan fingerprint density at radius 3 is 3.15 bits per heavy atom. The third kappa shape index (κ3) is 2.69.